The van der Waals surface area contributed by atoms with E-state index in [1.807, 2.05) is 24.3 Å². The summed E-state index contributed by atoms with van der Waals surface area (Å²) < 4.78 is 10.3. The van der Waals surface area contributed by atoms with E-state index >= 15 is 0 Å². The van der Waals surface area contributed by atoms with Gasteiger partial charge in [-0.2, -0.15) is 0 Å². The maximum absolute atomic E-state index is 12.1. The second-order valence-electron chi connectivity index (χ2n) is 7.90. The summed E-state index contributed by atoms with van der Waals surface area (Å²) >= 11 is 0. The molecule has 0 aromatic heterocycles. The number of alkyl carbamates (subject to hydrolysis) is 1. The lowest BCUT2D eigenvalue weighted by molar-refractivity contribution is -0.116. The molecule has 0 radical (unpaired) electrons. The number of carbonyl (C=O) groups is 3. The molecule has 32 heavy (non-hydrogen) atoms. The largest absolute Gasteiger partial charge is 0.497 e. The first-order valence-corrected chi connectivity index (χ1v) is 10.1. The van der Waals surface area contributed by atoms with Gasteiger partial charge in [-0.05, 0) is 68.8 Å². The lowest BCUT2D eigenvalue weighted by Crippen LogP contribution is -2.34. The summed E-state index contributed by atoms with van der Waals surface area (Å²) in [7, 11) is 1.59. The first-order valence-electron chi connectivity index (χ1n) is 10.1. The van der Waals surface area contributed by atoms with Crippen LogP contribution in [0.5, 0.6) is 5.75 Å². The van der Waals surface area contributed by atoms with E-state index in [0.717, 1.165) is 5.56 Å². The van der Waals surface area contributed by atoms with Crippen molar-refractivity contribution in [1.29, 1.82) is 0 Å². The summed E-state index contributed by atoms with van der Waals surface area (Å²) in [6, 6.07) is 14.1. The first-order chi connectivity index (χ1) is 15.1. The van der Waals surface area contributed by atoms with Crippen molar-refractivity contribution in [2.75, 3.05) is 24.3 Å². The Morgan fingerprint density at radius 1 is 0.969 bits per heavy atom. The molecule has 0 aliphatic heterocycles. The minimum atomic E-state index is -0.589. The summed E-state index contributed by atoms with van der Waals surface area (Å²) in [4.78, 5) is 35.7. The Labute approximate surface area is 188 Å². The predicted octanol–water partition coefficient (Wildman–Crippen LogP) is 4.20. The summed E-state index contributed by atoms with van der Waals surface area (Å²) in [5.41, 5.74) is 1.43. The smallest absolute Gasteiger partial charge is 0.407 e. The number of nitrogens with one attached hydrogen (secondary N) is 3. The van der Waals surface area contributed by atoms with E-state index < -0.39 is 11.7 Å². The second kappa shape index (κ2) is 11.5. The molecule has 0 fully saturated rings. The fourth-order valence-corrected chi connectivity index (χ4v) is 2.55. The molecule has 0 aliphatic rings. The monoisotopic (exact) mass is 439 g/mol. The van der Waals surface area contributed by atoms with Crippen LogP contribution in [-0.2, 0) is 14.3 Å². The Bertz CT molecular complexity index is 962. The van der Waals surface area contributed by atoms with Gasteiger partial charge in [0.15, 0.2) is 0 Å². The number of carbonyl (C=O) groups excluding carboxylic acids is 3. The molecule has 3 N–H and O–H groups in total. The molecule has 0 bridgehead atoms. The van der Waals surface area contributed by atoms with Gasteiger partial charge < -0.3 is 25.4 Å². The maximum atomic E-state index is 12.1. The number of rotatable bonds is 8. The molecule has 2 aromatic rings. The molecular weight excluding hydrogens is 410 g/mol. The van der Waals surface area contributed by atoms with E-state index in [9.17, 15) is 14.4 Å². The van der Waals surface area contributed by atoms with Crippen molar-refractivity contribution >= 4 is 35.4 Å². The summed E-state index contributed by atoms with van der Waals surface area (Å²) in [5, 5.41) is 8.02. The molecule has 2 aromatic carbocycles. The van der Waals surface area contributed by atoms with Gasteiger partial charge in [-0.25, -0.2) is 4.79 Å². The highest BCUT2D eigenvalue weighted by molar-refractivity contribution is 6.02. The molecule has 0 unspecified atom stereocenters. The van der Waals surface area contributed by atoms with Crippen LogP contribution in [0.2, 0.25) is 0 Å². The molecule has 0 heterocycles. The quantitative estimate of drug-likeness (QED) is 0.535. The van der Waals surface area contributed by atoms with Crippen molar-refractivity contribution in [3.63, 3.8) is 0 Å². The highest BCUT2D eigenvalue weighted by Gasteiger charge is 2.15. The van der Waals surface area contributed by atoms with E-state index in [2.05, 4.69) is 16.0 Å². The van der Waals surface area contributed by atoms with Crippen LogP contribution >= 0.6 is 0 Å². The number of benzene rings is 2. The molecule has 3 amide bonds. The number of methoxy groups -OCH3 is 1. The van der Waals surface area contributed by atoms with Crippen LogP contribution in [0.25, 0.3) is 6.08 Å². The summed E-state index contributed by atoms with van der Waals surface area (Å²) in [6.45, 7) is 5.46. The zero-order valence-corrected chi connectivity index (χ0v) is 18.7. The van der Waals surface area contributed by atoms with Crippen molar-refractivity contribution in [3.05, 3.63) is 60.2 Å². The topological polar surface area (TPSA) is 106 Å². The highest BCUT2D eigenvalue weighted by Crippen LogP contribution is 2.15. The molecule has 8 heteroatoms. The van der Waals surface area contributed by atoms with E-state index in [1.165, 1.54) is 6.08 Å². The highest BCUT2D eigenvalue weighted by atomic mass is 16.6. The van der Waals surface area contributed by atoms with Crippen molar-refractivity contribution in [2.45, 2.75) is 32.8 Å². The normalized spacial score (nSPS) is 11.0. The Morgan fingerprint density at radius 3 is 2.25 bits per heavy atom. The molecule has 170 valence electrons. The third-order valence-corrected chi connectivity index (χ3v) is 3.98. The van der Waals surface area contributed by atoms with Crippen LogP contribution in [0.3, 0.4) is 0 Å². The van der Waals surface area contributed by atoms with Gasteiger partial charge >= 0.3 is 6.09 Å². The number of anilines is 2. The zero-order valence-electron chi connectivity index (χ0n) is 18.7. The van der Waals surface area contributed by atoms with Crippen LogP contribution in [0.15, 0.2) is 54.6 Å². The van der Waals surface area contributed by atoms with Crippen molar-refractivity contribution in [1.82, 2.24) is 5.32 Å². The summed E-state index contributed by atoms with van der Waals surface area (Å²) in [6.07, 6.45) is 2.66. The van der Waals surface area contributed by atoms with Crippen LogP contribution in [0.4, 0.5) is 16.2 Å². The minimum Gasteiger partial charge on any atom is -0.497 e. The fourth-order valence-electron chi connectivity index (χ4n) is 2.55. The van der Waals surface area contributed by atoms with Crippen molar-refractivity contribution in [2.24, 2.45) is 0 Å². The van der Waals surface area contributed by atoms with E-state index in [4.69, 9.17) is 9.47 Å². The first kappa shape index (κ1) is 24.5. The lowest BCUT2D eigenvalue weighted by Gasteiger charge is -2.19. The molecule has 0 saturated heterocycles. The maximum Gasteiger partial charge on any atom is 0.407 e. The lowest BCUT2D eigenvalue weighted by atomic mass is 10.2. The van der Waals surface area contributed by atoms with Crippen LogP contribution in [0.1, 0.15) is 32.8 Å². The van der Waals surface area contributed by atoms with E-state index in [1.54, 1.807) is 58.2 Å². The minimum absolute atomic E-state index is 0.104. The average Bonchev–Trinajstić information content (AvgIpc) is 2.72. The van der Waals surface area contributed by atoms with Gasteiger partial charge in [0.1, 0.15) is 11.4 Å². The van der Waals surface area contributed by atoms with Gasteiger partial charge in [0.25, 0.3) is 0 Å². The Balaban J connectivity index is 1.77. The Morgan fingerprint density at radius 2 is 1.62 bits per heavy atom. The summed E-state index contributed by atoms with van der Waals surface area (Å²) in [5.74, 6) is 0.183. The molecule has 0 aliphatic carbocycles. The molecule has 2 rings (SSSR count). The van der Waals surface area contributed by atoms with Gasteiger partial charge in [0.05, 0.1) is 7.11 Å². The third kappa shape index (κ3) is 9.34. The van der Waals surface area contributed by atoms with Gasteiger partial charge in [0, 0.05) is 30.4 Å². The van der Waals surface area contributed by atoms with Gasteiger partial charge in [-0.3, -0.25) is 9.59 Å². The van der Waals surface area contributed by atoms with E-state index in [0.29, 0.717) is 17.1 Å². The zero-order chi connectivity index (χ0) is 23.6. The number of ether oxygens (including phenoxy) is 2. The molecule has 0 atom stereocenters. The average molecular weight is 440 g/mol. The molecule has 0 spiro atoms. The predicted molar refractivity (Wildman–Crippen MR) is 125 cm³/mol. The fraction of sp³-hybridized carbons (Fsp3) is 0.292. The molecule has 8 nitrogen and oxygen atoms in total. The number of hydrogen-bond donors (Lipinski definition) is 3. The standard InChI is InChI=1S/C24H29N3O5/c1-24(2,3)32-23(30)25-15-14-22(29)27-19-11-9-18(10-12-19)26-21(28)13-8-17-6-5-7-20(16-17)31-4/h5-13,16H,14-15H2,1-4H3,(H,25,30)(H,26,28)(H,27,29)/b13-8+. The number of hydrogen-bond acceptors (Lipinski definition) is 5. The molecular formula is C24H29N3O5. The van der Waals surface area contributed by atoms with Gasteiger partial charge in [-0.15, -0.1) is 0 Å². The van der Waals surface area contributed by atoms with Crippen LogP contribution < -0.4 is 20.7 Å². The van der Waals surface area contributed by atoms with E-state index in [-0.39, 0.29) is 24.8 Å². The Kier molecular flexibility index (Phi) is 8.83. The van der Waals surface area contributed by atoms with Crippen LogP contribution in [0, 0.1) is 0 Å². The van der Waals surface area contributed by atoms with Crippen molar-refractivity contribution < 1.29 is 23.9 Å². The number of amides is 3. The second-order valence-corrected chi connectivity index (χ2v) is 7.90. The third-order valence-electron chi connectivity index (χ3n) is 3.98. The molecule has 0 saturated carbocycles. The van der Waals surface area contributed by atoms with Gasteiger partial charge in [-0.1, -0.05) is 12.1 Å². The van der Waals surface area contributed by atoms with Crippen molar-refractivity contribution in [3.8, 4) is 5.75 Å². The Hall–Kier alpha value is -3.81. The van der Waals surface area contributed by atoms with Gasteiger partial charge in [0.2, 0.25) is 11.8 Å². The van der Waals surface area contributed by atoms with Crippen LogP contribution in [-0.4, -0.2) is 37.2 Å². The SMILES string of the molecule is COc1cccc(/C=C/C(=O)Nc2ccc(NC(=O)CCNC(=O)OC(C)(C)C)cc2)c1.